The molecule has 0 saturated carbocycles. The summed E-state index contributed by atoms with van der Waals surface area (Å²) in [5.74, 6) is 0.485. The van der Waals surface area contributed by atoms with Crippen molar-refractivity contribution >= 4 is 33.2 Å². The van der Waals surface area contributed by atoms with Crippen molar-refractivity contribution in [2.75, 3.05) is 26.1 Å². The Balaban J connectivity index is 2.01. The lowest BCUT2D eigenvalue weighted by Gasteiger charge is -2.13. The van der Waals surface area contributed by atoms with Gasteiger partial charge in [-0.25, -0.2) is 13.1 Å². The van der Waals surface area contributed by atoms with E-state index in [4.69, 9.17) is 25.6 Å². The second-order valence-corrected chi connectivity index (χ2v) is 7.65. The molecule has 9 nitrogen and oxygen atoms in total. The number of nitrogens with zero attached hydrogens (tertiary/aromatic N) is 1. The van der Waals surface area contributed by atoms with Gasteiger partial charge in [-0.1, -0.05) is 16.8 Å². The molecule has 11 heteroatoms. The Labute approximate surface area is 162 Å². The fourth-order valence-electron chi connectivity index (χ4n) is 2.40. The van der Waals surface area contributed by atoms with Crippen molar-refractivity contribution in [3.63, 3.8) is 0 Å². The van der Waals surface area contributed by atoms with Crippen molar-refractivity contribution < 1.29 is 27.2 Å². The van der Waals surface area contributed by atoms with Gasteiger partial charge in [-0.05, 0) is 13.8 Å². The van der Waals surface area contributed by atoms with Crippen LogP contribution in [0.15, 0.2) is 21.6 Å². The third kappa shape index (κ3) is 4.90. The number of hydrogen-bond donors (Lipinski definition) is 2. The van der Waals surface area contributed by atoms with E-state index < -0.39 is 15.9 Å². The molecule has 1 amide bonds. The van der Waals surface area contributed by atoms with Crippen molar-refractivity contribution in [2.24, 2.45) is 0 Å². The molecule has 27 heavy (non-hydrogen) atoms. The zero-order valence-electron chi connectivity index (χ0n) is 15.3. The van der Waals surface area contributed by atoms with Crippen LogP contribution in [0.25, 0.3) is 0 Å². The number of aromatic nitrogens is 1. The maximum absolute atomic E-state index is 12.3. The van der Waals surface area contributed by atoms with Crippen molar-refractivity contribution in [1.29, 1.82) is 0 Å². The predicted molar refractivity (Wildman–Crippen MR) is 99.0 cm³/mol. The van der Waals surface area contributed by atoms with Gasteiger partial charge in [0.2, 0.25) is 15.9 Å². The number of hydrogen-bond acceptors (Lipinski definition) is 7. The SMILES string of the molecule is COc1cc(NC(=O)CCNS(=O)(=O)c2c(C)noc2C)c(OC)cc1Cl. The molecular formula is C16H20ClN3O6S. The summed E-state index contributed by atoms with van der Waals surface area (Å²) in [5.41, 5.74) is 0.611. The number of benzene rings is 1. The van der Waals surface area contributed by atoms with Gasteiger partial charge >= 0.3 is 0 Å². The van der Waals surface area contributed by atoms with Crippen LogP contribution in [0.1, 0.15) is 17.9 Å². The van der Waals surface area contributed by atoms with E-state index in [-0.39, 0.29) is 29.3 Å². The average molecular weight is 418 g/mol. The van der Waals surface area contributed by atoms with E-state index in [0.717, 1.165) is 0 Å². The molecule has 0 aliphatic heterocycles. The van der Waals surface area contributed by atoms with Gasteiger partial charge in [-0.2, -0.15) is 0 Å². The Morgan fingerprint density at radius 3 is 2.44 bits per heavy atom. The van der Waals surface area contributed by atoms with Crippen LogP contribution in [0.3, 0.4) is 0 Å². The molecule has 1 aromatic heterocycles. The second-order valence-electron chi connectivity index (χ2n) is 5.54. The molecule has 0 fully saturated rings. The van der Waals surface area contributed by atoms with Crippen molar-refractivity contribution in [2.45, 2.75) is 25.2 Å². The number of aryl methyl sites for hydroxylation is 2. The maximum Gasteiger partial charge on any atom is 0.245 e. The van der Waals surface area contributed by atoms with Crippen LogP contribution in [-0.4, -0.2) is 40.2 Å². The zero-order chi connectivity index (χ0) is 20.2. The van der Waals surface area contributed by atoms with Crippen LogP contribution in [-0.2, 0) is 14.8 Å². The van der Waals surface area contributed by atoms with Crippen molar-refractivity contribution in [1.82, 2.24) is 9.88 Å². The summed E-state index contributed by atoms with van der Waals surface area (Å²) in [6.45, 7) is 2.92. The number of anilines is 1. The summed E-state index contributed by atoms with van der Waals surface area (Å²) in [6.07, 6.45) is -0.100. The molecular weight excluding hydrogens is 398 g/mol. The van der Waals surface area contributed by atoms with Gasteiger partial charge in [0.05, 0.1) is 24.9 Å². The number of rotatable bonds is 8. The van der Waals surface area contributed by atoms with Gasteiger partial charge in [-0.15, -0.1) is 0 Å². The van der Waals surface area contributed by atoms with Gasteiger partial charge in [-0.3, -0.25) is 4.79 Å². The lowest BCUT2D eigenvalue weighted by molar-refractivity contribution is -0.116. The van der Waals surface area contributed by atoms with Gasteiger partial charge in [0.1, 0.15) is 22.1 Å². The highest BCUT2D eigenvalue weighted by molar-refractivity contribution is 7.89. The van der Waals surface area contributed by atoms with Crippen LogP contribution in [0.2, 0.25) is 5.02 Å². The first-order valence-electron chi connectivity index (χ1n) is 7.83. The number of carbonyl (C=O) groups excluding carboxylic acids is 1. The third-order valence-electron chi connectivity index (χ3n) is 3.63. The van der Waals surface area contributed by atoms with E-state index in [1.807, 2.05) is 0 Å². The number of nitrogens with one attached hydrogen (secondary N) is 2. The minimum absolute atomic E-state index is 0.0213. The summed E-state index contributed by atoms with van der Waals surface area (Å²) < 4.78 is 42.1. The Morgan fingerprint density at radius 1 is 1.22 bits per heavy atom. The lowest BCUT2D eigenvalue weighted by atomic mass is 10.2. The molecule has 0 unspecified atom stereocenters. The first-order chi connectivity index (χ1) is 12.7. The normalized spacial score (nSPS) is 11.3. The van der Waals surface area contributed by atoms with E-state index >= 15 is 0 Å². The van der Waals surface area contributed by atoms with Crippen molar-refractivity contribution in [3.05, 3.63) is 28.6 Å². The average Bonchev–Trinajstić information content (AvgIpc) is 2.95. The summed E-state index contributed by atoms with van der Waals surface area (Å²) in [6, 6.07) is 3.03. The lowest BCUT2D eigenvalue weighted by Crippen LogP contribution is -2.28. The van der Waals surface area contributed by atoms with E-state index in [2.05, 4.69) is 15.2 Å². The van der Waals surface area contributed by atoms with Crippen LogP contribution >= 0.6 is 11.6 Å². The second kappa shape index (κ2) is 8.59. The monoisotopic (exact) mass is 417 g/mol. The first-order valence-corrected chi connectivity index (χ1v) is 9.69. The summed E-state index contributed by atoms with van der Waals surface area (Å²) >= 11 is 6.02. The van der Waals surface area contributed by atoms with E-state index in [0.29, 0.717) is 22.2 Å². The molecule has 2 N–H and O–H groups in total. The fraction of sp³-hybridized carbons (Fsp3) is 0.375. The molecule has 0 aliphatic rings. The van der Waals surface area contributed by atoms with Gasteiger partial charge in [0.25, 0.3) is 0 Å². The molecule has 0 aliphatic carbocycles. The standard InChI is InChI=1S/C16H20ClN3O6S/c1-9-16(10(2)26-20-9)27(22,23)18-6-5-15(21)19-12-8-13(24-3)11(17)7-14(12)25-4/h7-8,18H,5-6H2,1-4H3,(H,19,21). The smallest absolute Gasteiger partial charge is 0.245 e. The molecule has 0 saturated heterocycles. The topological polar surface area (TPSA) is 120 Å². The van der Waals surface area contributed by atoms with Crippen LogP contribution in [0.4, 0.5) is 5.69 Å². The zero-order valence-corrected chi connectivity index (χ0v) is 16.8. The Morgan fingerprint density at radius 2 is 1.89 bits per heavy atom. The minimum Gasteiger partial charge on any atom is -0.495 e. The molecule has 0 radical (unpaired) electrons. The van der Waals surface area contributed by atoms with E-state index in [1.165, 1.54) is 40.2 Å². The summed E-state index contributed by atoms with van der Waals surface area (Å²) in [5, 5.41) is 6.59. The largest absolute Gasteiger partial charge is 0.495 e. The summed E-state index contributed by atoms with van der Waals surface area (Å²) in [7, 11) is -0.941. The van der Waals surface area contributed by atoms with Gasteiger partial charge in [0.15, 0.2) is 5.76 Å². The summed E-state index contributed by atoms with van der Waals surface area (Å²) in [4.78, 5) is 12.1. The molecule has 2 rings (SSSR count). The highest BCUT2D eigenvalue weighted by Gasteiger charge is 2.24. The van der Waals surface area contributed by atoms with Crippen LogP contribution < -0.4 is 19.5 Å². The molecule has 1 aromatic carbocycles. The first kappa shape index (κ1) is 21.0. The Bertz CT molecular complexity index is 922. The number of halogens is 1. The molecule has 1 heterocycles. The fourth-order valence-corrected chi connectivity index (χ4v) is 3.99. The molecule has 0 atom stereocenters. The van der Waals surface area contributed by atoms with Crippen LogP contribution in [0.5, 0.6) is 11.5 Å². The third-order valence-corrected chi connectivity index (χ3v) is 5.63. The van der Waals surface area contributed by atoms with Gasteiger partial charge in [0, 0.05) is 25.1 Å². The minimum atomic E-state index is -3.82. The number of amides is 1. The predicted octanol–water partition coefficient (Wildman–Crippen LogP) is 2.27. The molecule has 148 valence electrons. The highest BCUT2D eigenvalue weighted by atomic mass is 35.5. The van der Waals surface area contributed by atoms with Crippen LogP contribution in [0, 0.1) is 13.8 Å². The Hall–Kier alpha value is -2.30. The maximum atomic E-state index is 12.3. The van der Waals surface area contributed by atoms with Crippen molar-refractivity contribution in [3.8, 4) is 11.5 Å². The molecule has 0 spiro atoms. The van der Waals surface area contributed by atoms with E-state index in [1.54, 1.807) is 0 Å². The van der Waals surface area contributed by atoms with Gasteiger partial charge < -0.3 is 19.3 Å². The molecule has 2 aromatic rings. The number of carbonyl (C=O) groups is 1. The number of ether oxygens (including phenoxy) is 2. The quantitative estimate of drug-likeness (QED) is 0.675. The number of methoxy groups -OCH3 is 2. The Kier molecular flexibility index (Phi) is 6.68. The molecule has 0 bridgehead atoms. The van der Waals surface area contributed by atoms with E-state index in [9.17, 15) is 13.2 Å². The number of sulfonamides is 1. The highest BCUT2D eigenvalue weighted by Crippen LogP contribution is 2.35.